The van der Waals surface area contributed by atoms with Crippen LogP contribution in [-0.4, -0.2) is 0 Å². The highest BCUT2D eigenvalue weighted by Crippen LogP contribution is 2.23. The molecule has 0 unspecified atom stereocenters. The highest BCUT2D eigenvalue weighted by Gasteiger charge is 2.08. The van der Waals surface area contributed by atoms with E-state index in [-0.39, 0.29) is 0 Å². The first-order valence-electron chi connectivity index (χ1n) is 9.40. The molecule has 1 aliphatic heterocycles. The van der Waals surface area contributed by atoms with Gasteiger partial charge in [-0.15, -0.1) is 0 Å². The van der Waals surface area contributed by atoms with Crippen molar-refractivity contribution in [3.8, 4) is 0 Å². The Morgan fingerprint density at radius 1 is 0.960 bits per heavy atom. The van der Waals surface area contributed by atoms with Crippen LogP contribution in [0.1, 0.15) is 70.1 Å². The molecule has 1 aliphatic rings. The maximum Gasteiger partial charge on any atom is 0.113 e. The standard InChI is InChI=1S/C24H32O/c1-19(2)8-5-9-20(3)10-6-11-21(4)14-15-22-12-7-13-23-18-25-17-16-24(22)23/h7-8,10,12-14,16-17H,5-6,9,11,15,18H2,1-4H3. The second-order valence-corrected chi connectivity index (χ2v) is 7.27. The van der Waals surface area contributed by atoms with Crippen molar-refractivity contribution in [2.45, 2.75) is 66.4 Å². The largest absolute Gasteiger partial charge is 0.496 e. The molecular weight excluding hydrogens is 304 g/mol. The van der Waals surface area contributed by atoms with Gasteiger partial charge in [-0.05, 0) is 82.6 Å². The Kier molecular flexibility index (Phi) is 7.78. The molecule has 1 heteroatoms. The van der Waals surface area contributed by atoms with Gasteiger partial charge in [-0.25, -0.2) is 0 Å². The van der Waals surface area contributed by atoms with Crippen LogP contribution in [0, 0.1) is 0 Å². The summed E-state index contributed by atoms with van der Waals surface area (Å²) in [5, 5.41) is 0. The molecule has 1 nitrogen and oxygen atoms in total. The van der Waals surface area contributed by atoms with Crippen molar-refractivity contribution >= 4 is 6.08 Å². The van der Waals surface area contributed by atoms with Gasteiger partial charge in [0.15, 0.2) is 0 Å². The number of hydrogen-bond donors (Lipinski definition) is 0. The van der Waals surface area contributed by atoms with Gasteiger partial charge in [-0.2, -0.15) is 0 Å². The Hall–Kier alpha value is -2.02. The summed E-state index contributed by atoms with van der Waals surface area (Å²) in [6.45, 7) is 9.53. The van der Waals surface area contributed by atoms with Gasteiger partial charge in [0.2, 0.25) is 0 Å². The van der Waals surface area contributed by atoms with Gasteiger partial charge in [-0.3, -0.25) is 0 Å². The lowest BCUT2D eigenvalue weighted by Gasteiger charge is -2.14. The van der Waals surface area contributed by atoms with Crippen LogP contribution in [0.25, 0.3) is 6.08 Å². The van der Waals surface area contributed by atoms with E-state index >= 15 is 0 Å². The summed E-state index contributed by atoms with van der Waals surface area (Å²) < 4.78 is 5.39. The average Bonchev–Trinajstić information content (AvgIpc) is 2.59. The van der Waals surface area contributed by atoms with E-state index in [9.17, 15) is 0 Å². The Balaban J connectivity index is 1.83. The molecule has 0 N–H and O–H groups in total. The van der Waals surface area contributed by atoms with Crippen LogP contribution in [0.2, 0.25) is 0 Å². The van der Waals surface area contributed by atoms with Crippen LogP contribution in [0.5, 0.6) is 0 Å². The average molecular weight is 337 g/mol. The van der Waals surface area contributed by atoms with E-state index in [1.807, 2.05) is 6.26 Å². The molecule has 1 aromatic carbocycles. The van der Waals surface area contributed by atoms with Gasteiger partial charge in [-0.1, -0.05) is 53.1 Å². The van der Waals surface area contributed by atoms with Crippen molar-refractivity contribution in [1.82, 2.24) is 0 Å². The van der Waals surface area contributed by atoms with Crippen molar-refractivity contribution in [2.24, 2.45) is 0 Å². The van der Waals surface area contributed by atoms with E-state index in [4.69, 9.17) is 4.74 Å². The Morgan fingerprint density at radius 2 is 1.68 bits per heavy atom. The topological polar surface area (TPSA) is 9.23 Å². The van der Waals surface area contributed by atoms with E-state index < -0.39 is 0 Å². The second kappa shape index (κ2) is 10.1. The fourth-order valence-corrected chi connectivity index (χ4v) is 3.06. The maximum atomic E-state index is 5.39. The first-order valence-corrected chi connectivity index (χ1v) is 9.40. The molecule has 0 atom stereocenters. The molecular formula is C24H32O. The predicted octanol–water partition coefficient (Wildman–Crippen LogP) is 7.15. The van der Waals surface area contributed by atoms with Crippen molar-refractivity contribution in [3.63, 3.8) is 0 Å². The van der Waals surface area contributed by atoms with Crippen molar-refractivity contribution in [2.75, 3.05) is 0 Å². The number of rotatable bonds is 8. The fraction of sp³-hybridized carbons (Fsp3) is 0.417. The lowest BCUT2D eigenvalue weighted by molar-refractivity contribution is 0.234. The molecule has 0 saturated carbocycles. The Bertz CT molecular complexity index is 682. The number of ether oxygens (including phenoxy) is 1. The first-order chi connectivity index (χ1) is 12.1. The van der Waals surface area contributed by atoms with Crippen LogP contribution in [-0.2, 0) is 17.8 Å². The Labute approximate surface area is 153 Å². The van der Waals surface area contributed by atoms with Gasteiger partial charge in [0.1, 0.15) is 6.61 Å². The predicted molar refractivity (Wildman–Crippen MR) is 109 cm³/mol. The summed E-state index contributed by atoms with van der Waals surface area (Å²) in [6.07, 6.45) is 16.6. The molecule has 25 heavy (non-hydrogen) atoms. The summed E-state index contributed by atoms with van der Waals surface area (Å²) >= 11 is 0. The molecule has 0 aromatic heterocycles. The first kappa shape index (κ1) is 19.3. The molecule has 0 spiro atoms. The lowest BCUT2D eigenvalue weighted by atomic mass is 9.97. The quantitative estimate of drug-likeness (QED) is 0.458. The monoisotopic (exact) mass is 336 g/mol. The van der Waals surface area contributed by atoms with Gasteiger partial charge >= 0.3 is 0 Å². The smallest absolute Gasteiger partial charge is 0.113 e. The molecule has 0 saturated heterocycles. The third-order valence-electron chi connectivity index (χ3n) is 4.65. The van der Waals surface area contributed by atoms with Gasteiger partial charge < -0.3 is 4.74 Å². The zero-order valence-electron chi connectivity index (χ0n) is 16.3. The van der Waals surface area contributed by atoms with Crippen LogP contribution in [0.4, 0.5) is 0 Å². The third-order valence-corrected chi connectivity index (χ3v) is 4.65. The molecule has 0 amide bonds. The summed E-state index contributed by atoms with van der Waals surface area (Å²) in [5.74, 6) is 0. The minimum Gasteiger partial charge on any atom is -0.496 e. The van der Waals surface area contributed by atoms with E-state index in [1.54, 1.807) is 0 Å². The number of benzene rings is 1. The van der Waals surface area contributed by atoms with Crippen molar-refractivity contribution in [3.05, 3.63) is 76.1 Å². The van der Waals surface area contributed by atoms with Gasteiger partial charge in [0.25, 0.3) is 0 Å². The zero-order valence-corrected chi connectivity index (χ0v) is 16.3. The molecule has 0 fully saturated rings. The molecule has 1 aromatic rings. The highest BCUT2D eigenvalue weighted by atomic mass is 16.5. The fourth-order valence-electron chi connectivity index (χ4n) is 3.06. The maximum absolute atomic E-state index is 5.39. The minimum atomic E-state index is 0.694. The minimum absolute atomic E-state index is 0.694. The van der Waals surface area contributed by atoms with Crippen molar-refractivity contribution in [1.29, 1.82) is 0 Å². The molecule has 1 heterocycles. The van der Waals surface area contributed by atoms with E-state index in [1.165, 1.54) is 39.8 Å². The molecule has 134 valence electrons. The van der Waals surface area contributed by atoms with Crippen LogP contribution >= 0.6 is 0 Å². The second-order valence-electron chi connectivity index (χ2n) is 7.27. The summed E-state index contributed by atoms with van der Waals surface area (Å²) in [5.41, 5.74) is 8.42. The highest BCUT2D eigenvalue weighted by molar-refractivity contribution is 5.59. The van der Waals surface area contributed by atoms with Gasteiger partial charge in [0, 0.05) is 0 Å². The molecule has 0 aliphatic carbocycles. The third kappa shape index (κ3) is 6.78. The lowest BCUT2D eigenvalue weighted by Crippen LogP contribution is -2.00. The number of allylic oxidation sites excluding steroid dienone is 6. The number of fused-ring (bicyclic) bond motifs is 1. The van der Waals surface area contributed by atoms with Crippen LogP contribution in [0.3, 0.4) is 0 Å². The van der Waals surface area contributed by atoms with Crippen molar-refractivity contribution < 1.29 is 4.74 Å². The SMILES string of the molecule is CC(C)=CCCC(C)=CCCC(C)=CCc1cccc2c1C=COC2. The van der Waals surface area contributed by atoms with Gasteiger partial charge in [0.05, 0.1) is 6.26 Å². The molecule has 0 bridgehead atoms. The van der Waals surface area contributed by atoms with Crippen LogP contribution < -0.4 is 0 Å². The zero-order chi connectivity index (χ0) is 18.1. The molecule has 0 radical (unpaired) electrons. The van der Waals surface area contributed by atoms with E-state index in [0.29, 0.717) is 6.61 Å². The van der Waals surface area contributed by atoms with Crippen LogP contribution in [0.15, 0.2) is 59.4 Å². The van der Waals surface area contributed by atoms with E-state index in [2.05, 4.69) is 70.2 Å². The normalized spacial score (nSPS) is 14.1. The summed E-state index contributed by atoms with van der Waals surface area (Å²) in [6, 6.07) is 6.52. The summed E-state index contributed by atoms with van der Waals surface area (Å²) in [4.78, 5) is 0. The number of hydrogen-bond acceptors (Lipinski definition) is 1. The van der Waals surface area contributed by atoms with E-state index in [0.717, 1.165) is 25.7 Å². The molecule has 2 rings (SSSR count). The summed E-state index contributed by atoms with van der Waals surface area (Å²) in [7, 11) is 0. The Morgan fingerprint density at radius 3 is 2.44 bits per heavy atom.